The Labute approximate surface area is 172 Å². The van der Waals surface area contributed by atoms with E-state index in [-0.39, 0.29) is 5.56 Å². The first-order valence-electron chi connectivity index (χ1n) is 9.69. The molecule has 1 aliphatic rings. The normalized spacial score (nSPS) is 13.3. The van der Waals surface area contributed by atoms with Gasteiger partial charge in [-0.25, -0.2) is 9.97 Å². The van der Waals surface area contributed by atoms with Crippen molar-refractivity contribution in [1.82, 2.24) is 19.9 Å². The Morgan fingerprint density at radius 3 is 2.73 bits per heavy atom. The molecule has 0 bridgehead atoms. The molecule has 0 fully saturated rings. The molecule has 0 aliphatic carbocycles. The number of H-pyrrole nitrogens is 2. The maximum Gasteiger partial charge on any atom is 0.260 e. The van der Waals surface area contributed by atoms with Crippen LogP contribution in [0.3, 0.4) is 0 Å². The zero-order chi connectivity index (χ0) is 20.7. The Balaban J connectivity index is 1.53. The minimum absolute atomic E-state index is 0.203. The predicted molar refractivity (Wildman–Crippen MR) is 114 cm³/mol. The Bertz CT molecular complexity index is 1280. The van der Waals surface area contributed by atoms with Crippen molar-refractivity contribution in [3.05, 3.63) is 64.2 Å². The number of anilines is 1. The van der Waals surface area contributed by atoms with Crippen molar-refractivity contribution in [2.24, 2.45) is 0 Å². The molecular weight excluding hydrogens is 382 g/mol. The molecule has 2 aromatic carbocycles. The van der Waals surface area contributed by atoms with Crippen LogP contribution in [0.5, 0.6) is 11.5 Å². The lowest BCUT2D eigenvalue weighted by atomic mass is 9.94. The third kappa shape index (κ3) is 2.97. The van der Waals surface area contributed by atoms with Gasteiger partial charge in [-0.15, -0.1) is 0 Å². The van der Waals surface area contributed by atoms with Crippen LogP contribution in [0.25, 0.3) is 22.3 Å². The second-order valence-corrected chi connectivity index (χ2v) is 7.17. The number of fused-ring (bicyclic) bond motifs is 2. The van der Waals surface area contributed by atoms with Gasteiger partial charge in [0.1, 0.15) is 5.82 Å². The van der Waals surface area contributed by atoms with Crippen molar-refractivity contribution >= 4 is 16.9 Å². The number of benzene rings is 2. The number of rotatable bonds is 4. The van der Waals surface area contributed by atoms with Gasteiger partial charge in [-0.1, -0.05) is 18.2 Å². The number of aromatic amines is 2. The van der Waals surface area contributed by atoms with Crippen LogP contribution >= 0.6 is 0 Å². The fraction of sp³-hybridized carbons (Fsp3) is 0.227. The predicted octanol–water partition coefficient (Wildman–Crippen LogP) is 2.89. The molecule has 8 nitrogen and oxygen atoms in total. The number of aromatic nitrogens is 4. The molecule has 0 saturated heterocycles. The lowest BCUT2D eigenvalue weighted by Crippen LogP contribution is -2.33. The van der Waals surface area contributed by atoms with Crippen LogP contribution in [0.1, 0.15) is 11.1 Å². The maximum absolute atomic E-state index is 12.7. The number of hydrogen-bond acceptors (Lipinski definition) is 6. The molecule has 5 rings (SSSR count). The van der Waals surface area contributed by atoms with Crippen LogP contribution in [-0.2, 0) is 13.0 Å². The van der Waals surface area contributed by atoms with Gasteiger partial charge in [0.15, 0.2) is 11.5 Å². The third-order valence-corrected chi connectivity index (χ3v) is 5.52. The molecule has 2 N–H and O–H groups in total. The van der Waals surface area contributed by atoms with E-state index in [1.807, 2.05) is 12.3 Å². The molecule has 30 heavy (non-hydrogen) atoms. The highest BCUT2D eigenvalue weighted by molar-refractivity contribution is 5.82. The van der Waals surface area contributed by atoms with E-state index in [1.165, 1.54) is 11.1 Å². The number of imidazole rings is 1. The molecule has 3 heterocycles. The lowest BCUT2D eigenvalue weighted by Gasteiger charge is -2.30. The summed E-state index contributed by atoms with van der Waals surface area (Å²) in [5.41, 5.74) is 3.96. The maximum atomic E-state index is 12.7. The Hall–Kier alpha value is -3.81. The zero-order valence-corrected chi connectivity index (χ0v) is 16.7. The van der Waals surface area contributed by atoms with Crippen LogP contribution in [0, 0.1) is 0 Å². The topological polar surface area (TPSA) is 96.1 Å². The molecule has 0 amide bonds. The van der Waals surface area contributed by atoms with Gasteiger partial charge in [-0.2, -0.15) is 0 Å². The summed E-state index contributed by atoms with van der Waals surface area (Å²) in [5.74, 6) is 2.47. The average Bonchev–Trinajstić information content (AvgIpc) is 3.32. The molecule has 0 spiro atoms. The average molecular weight is 403 g/mol. The molecule has 0 radical (unpaired) electrons. The largest absolute Gasteiger partial charge is 0.493 e. The standard InChI is InChI=1S/C22H21N5O3/c1-29-18-10-16-17(11-19(18)30-2)25-22(26-21(16)28)27-9-6-14-13(12-27)4-3-5-15(14)20-23-7-8-24-20/h3-5,7-8,10-11H,6,9,12H2,1-2H3,(H,23,24)(H,25,26,28). The van der Waals surface area contributed by atoms with Gasteiger partial charge in [-0.3, -0.25) is 9.78 Å². The number of ether oxygens (including phenoxy) is 2. The van der Waals surface area contributed by atoms with E-state index >= 15 is 0 Å². The van der Waals surface area contributed by atoms with Crippen molar-refractivity contribution in [2.75, 3.05) is 25.7 Å². The fourth-order valence-corrected chi connectivity index (χ4v) is 4.03. The molecule has 1 aliphatic heterocycles. The lowest BCUT2D eigenvalue weighted by molar-refractivity contribution is 0.355. The molecule has 4 aromatic rings. The fourth-order valence-electron chi connectivity index (χ4n) is 4.03. The van der Waals surface area contributed by atoms with E-state index in [9.17, 15) is 4.79 Å². The summed E-state index contributed by atoms with van der Waals surface area (Å²) in [6.07, 6.45) is 4.42. The highest BCUT2D eigenvalue weighted by Gasteiger charge is 2.22. The molecule has 0 atom stereocenters. The van der Waals surface area contributed by atoms with E-state index in [4.69, 9.17) is 14.5 Å². The Morgan fingerprint density at radius 1 is 1.13 bits per heavy atom. The Kier molecular flexibility index (Phi) is 4.39. The number of methoxy groups -OCH3 is 2. The SMILES string of the molecule is COc1cc2nc(N3CCc4c(cccc4-c4ncc[nH]4)C3)[nH]c(=O)c2cc1OC. The highest BCUT2D eigenvalue weighted by atomic mass is 16.5. The summed E-state index contributed by atoms with van der Waals surface area (Å²) in [6, 6.07) is 9.63. The summed E-state index contributed by atoms with van der Waals surface area (Å²) in [5, 5.41) is 0.467. The van der Waals surface area contributed by atoms with Gasteiger partial charge >= 0.3 is 0 Å². The molecule has 8 heteroatoms. The first kappa shape index (κ1) is 18.2. The second kappa shape index (κ2) is 7.22. The zero-order valence-electron chi connectivity index (χ0n) is 16.7. The molecular formula is C22H21N5O3. The summed E-state index contributed by atoms with van der Waals surface area (Å²) >= 11 is 0. The van der Waals surface area contributed by atoms with E-state index in [0.29, 0.717) is 34.9 Å². The van der Waals surface area contributed by atoms with Crippen LogP contribution in [-0.4, -0.2) is 40.7 Å². The van der Waals surface area contributed by atoms with E-state index < -0.39 is 0 Å². The third-order valence-electron chi connectivity index (χ3n) is 5.52. The van der Waals surface area contributed by atoms with Crippen molar-refractivity contribution < 1.29 is 9.47 Å². The van der Waals surface area contributed by atoms with Crippen molar-refractivity contribution in [1.29, 1.82) is 0 Å². The summed E-state index contributed by atoms with van der Waals surface area (Å²) in [6.45, 7) is 1.40. The second-order valence-electron chi connectivity index (χ2n) is 7.17. The minimum atomic E-state index is -0.203. The number of hydrogen-bond donors (Lipinski definition) is 2. The van der Waals surface area contributed by atoms with Crippen LogP contribution in [0.2, 0.25) is 0 Å². The Morgan fingerprint density at radius 2 is 1.97 bits per heavy atom. The summed E-state index contributed by atoms with van der Waals surface area (Å²) in [4.78, 5) is 30.0. The van der Waals surface area contributed by atoms with Gasteiger partial charge in [0, 0.05) is 37.1 Å². The number of nitrogens with zero attached hydrogens (tertiary/aromatic N) is 3. The molecule has 0 saturated carbocycles. The quantitative estimate of drug-likeness (QED) is 0.544. The van der Waals surface area contributed by atoms with E-state index in [1.54, 1.807) is 32.5 Å². The van der Waals surface area contributed by atoms with E-state index in [2.05, 4.69) is 32.0 Å². The van der Waals surface area contributed by atoms with Crippen LogP contribution < -0.4 is 19.9 Å². The molecule has 152 valence electrons. The summed E-state index contributed by atoms with van der Waals surface area (Å²) < 4.78 is 10.7. The minimum Gasteiger partial charge on any atom is -0.493 e. The van der Waals surface area contributed by atoms with Gasteiger partial charge in [-0.05, 0) is 23.6 Å². The van der Waals surface area contributed by atoms with Gasteiger partial charge in [0.2, 0.25) is 5.95 Å². The van der Waals surface area contributed by atoms with Crippen LogP contribution in [0.15, 0.2) is 47.5 Å². The summed E-state index contributed by atoms with van der Waals surface area (Å²) in [7, 11) is 3.11. The van der Waals surface area contributed by atoms with Crippen molar-refractivity contribution in [2.45, 2.75) is 13.0 Å². The first-order chi connectivity index (χ1) is 14.7. The first-order valence-corrected chi connectivity index (χ1v) is 9.69. The van der Waals surface area contributed by atoms with Gasteiger partial charge in [0.25, 0.3) is 5.56 Å². The highest BCUT2D eigenvalue weighted by Crippen LogP contribution is 2.32. The van der Waals surface area contributed by atoms with Crippen molar-refractivity contribution in [3.8, 4) is 22.9 Å². The van der Waals surface area contributed by atoms with Gasteiger partial charge < -0.3 is 19.4 Å². The number of nitrogens with one attached hydrogen (secondary N) is 2. The van der Waals surface area contributed by atoms with Crippen molar-refractivity contribution in [3.63, 3.8) is 0 Å². The monoisotopic (exact) mass is 403 g/mol. The van der Waals surface area contributed by atoms with Crippen LogP contribution in [0.4, 0.5) is 5.95 Å². The van der Waals surface area contributed by atoms with E-state index in [0.717, 1.165) is 24.4 Å². The van der Waals surface area contributed by atoms with Gasteiger partial charge in [0.05, 0.1) is 25.1 Å². The molecule has 0 unspecified atom stereocenters. The molecule has 2 aromatic heterocycles. The smallest absolute Gasteiger partial charge is 0.260 e.